The highest BCUT2D eigenvalue weighted by Gasteiger charge is 2.33. The maximum absolute atomic E-state index is 12.9. The van der Waals surface area contributed by atoms with Crippen molar-refractivity contribution in [2.45, 2.75) is 12.7 Å². The van der Waals surface area contributed by atoms with Crippen molar-refractivity contribution >= 4 is 27.3 Å². The minimum Gasteiger partial charge on any atom is -0.399 e. The second-order valence-electron chi connectivity index (χ2n) is 4.29. The van der Waals surface area contributed by atoms with E-state index in [1.54, 1.807) is 30.3 Å². The van der Waals surface area contributed by atoms with E-state index in [9.17, 15) is 13.2 Å². The zero-order chi connectivity index (χ0) is 14.8. The number of hydrogen-bond acceptors (Lipinski definition) is 2. The number of hydrogen-bond donors (Lipinski definition) is 2. The molecule has 2 aromatic carbocycles. The van der Waals surface area contributed by atoms with Gasteiger partial charge in [0.2, 0.25) is 0 Å². The molecule has 0 saturated carbocycles. The Morgan fingerprint density at radius 1 is 1.10 bits per heavy atom. The zero-order valence-electron chi connectivity index (χ0n) is 10.3. The SMILES string of the molecule is Nc1cccc(CNc2ccc(Br)cc2C(F)(F)F)c1. The molecule has 0 atom stereocenters. The van der Waals surface area contributed by atoms with E-state index in [1.807, 2.05) is 0 Å². The van der Waals surface area contributed by atoms with E-state index in [4.69, 9.17) is 5.73 Å². The van der Waals surface area contributed by atoms with Crippen molar-refractivity contribution in [2.24, 2.45) is 0 Å². The normalized spacial score (nSPS) is 11.4. The van der Waals surface area contributed by atoms with E-state index in [1.165, 1.54) is 6.07 Å². The van der Waals surface area contributed by atoms with Crippen LogP contribution in [-0.4, -0.2) is 0 Å². The fourth-order valence-corrected chi connectivity index (χ4v) is 2.17. The van der Waals surface area contributed by atoms with Crippen LogP contribution in [0.5, 0.6) is 0 Å². The summed E-state index contributed by atoms with van der Waals surface area (Å²) in [5.74, 6) is 0. The number of alkyl halides is 3. The fourth-order valence-electron chi connectivity index (χ4n) is 1.81. The van der Waals surface area contributed by atoms with E-state index in [0.29, 0.717) is 10.2 Å². The molecule has 0 saturated heterocycles. The van der Waals surface area contributed by atoms with Gasteiger partial charge in [-0.3, -0.25) is 0 Å². The van der Waals surface area contributed by atoms with Crippen molar-refractivity contribution in [1.82, 2.24) is 0 Å². The second-order valence-corrected chi connectivity index (χ2v) is 5.20. The van der Waals surface area contributed by atoms with E-state index in [2.05, 4.69) is 21.2 Å². The van der Waals surface area contributed by atoms with Gasteiger partial charge in [-0.1, -0.05) is 28.1 Å². The lowest BCUT2D eigenvalue weighted by atomic mass is 10.1. The highest BCUT2D eigenvalue weighted by atomic mass is 79.9. The van der Waals surface area contributed by atoms with Crippen LogP contribution in [0, 0.1) is 0 Å². The lowest BCUT2D eigenvalue weighted by molar-refractivity contribution is -0.137. The number of nitrogen functional groups attached to an aromatic ring is 1. The summed E-state index contributed by atoms with van der Waals surface area (Å²) in [4.78, 5) is 0. The first-order chi connectivity index (χ1) is 9.36. The smallest absolute Gasteiger partial charge is 0.399 e. The average Bonchev–Trinajstić information content (AvgIpc) is 2.36. The van der Waals surface area contributed by atoms with Crippen LogP contribution in [-0.2, 0) is 12.7 Å². The van der Waals surface area contributed by atoms with Gasteiger partial charge in [0.1, 0.15) is 0 Å². The van der Waals surface area contributed by atoms with Crippen LogP contribution in [0.15, 0.2) is 46.9 Å². The largest absolute Gasteiger partial charge is 0.418 e. The van der Waals surface area contributed by atoms with Crippen LogP contribution in [0.2, 0.25) is 0 Å². The molecule has 0 fully saturated rings. The van der Waals surface area contributed by atoms with Gasteiger partial charge >= 0.3 is 6.18 Å². The average molecular weight is 345 g/mol. The third kappa shape index (κ3) is 3.66. The summed E-state index contributed by atoms with van der Waals surface area (Å²) in [7, 11) is 0. The summed E-state index contributed by atoms with van der Waals surface area (Å²) in [6.07, 6.45) is -4.40. The second kappa shape index (κ2) is 5.75. The third-order valence-corrected chi connectivity index (χ3v) is 3.21. The minimum atomic E-state index is -4.40. The van der Waals surface area contributed by atoms with Gasteiger partial charge in [-0.2, -0.15) is 13.2 Å². The monoisotopic (exact) mass is 344 g/mol. The Morgan fingerprint density at radius 2 is 1.85 bits per heavy atom. The first-order valence-corrected chi connectivity index (χ1v) is 6.60. The number of benzene rings is 2. The fraction of sp³-hybridized carbons (Fsp3) is 0.143. The molecule has 0 amide bonds. The number of nitrogens with one attached hydrogen (secondary N) is 1. The van der Waals surface area contributed by atoms with Gasteiger partial charge in [0.15, 0.2) is 0 Å². The maximum Gasteiger partial charge on any atom is 0.418 e. The molecule has 0 aromatic heterocycles. The Morgan fingerprint density at radius 3 is 2.50 bits per heavy atom. The number of anilines is 2. The van der Waals surface area contributed by atoms with E-state index in [-0.39, 0.29) is 12.2 Å². The highest BCUT2D eigenvalue weighted by Crippen LogP contribution is 2.36. The van der Waals surface area contributed by atoms with Crippen molar-refractivity contribution in [1.29, 1.82) is 0 Å². The summed E-state index contributed by atoms with van der Waals surface area (Å²) >= 11 is 3.05. The Hall–Kier alpha value is -1.69. The van der Waals surface area contributed by atoms with Gasteiger partial charge in [0.25, 0.3) is 0 Å². The Bertz CT molecular complexity index is 612. The van der Waals surface area contributed by atoms with Gasteiger partial charge in [0.05, 0.1) is 5.56 Å². The van der Waals surface area contributed by atoms with E-state index >= 15 is 0 Å². The van der Waals surface area contributed by atoms with Gasteiger partial charge in [-0.15, -0.1) is 0 Å². The molecular formula is C14H12BrF3N2. The van der Waals surface area contributed by atoms with Gasteiger partial charge in [-0.05, 0) is 35.9 Å². The van der Waals surface area contributed by atoms with E-state index in [0.717, 1.165) is 11.6 Å². The van der Waals surface area contributed by atoms with Gasteiger partial charge < -0.3 is 11.1 Å². The highest BCUT2D eigenvalue weighted by molar-refractivity contribution is 9.10. The summed E-state index contributed by atoms with van der Waals surface area (Å²) in [5, 5.41) is 2.79. The molecule has 20 heavy (non-hydrogen) atoms. The number of rotatable bonds is 3. The number of halogens is 4. The lowest BCUT2D eigenvalue weighted by Crippen LogP contribution is -2.11. The topological polar surface area (TPSA) is 38.0 Å². The van der Waals surface area contributed by atoms with Crippen molar-refractivity contribution in [3.8, 4) is 0 Å². The Balaban J connectivity index is 2.21. The predicted octanol–water partition coefficient (Wildman–Crippen LogP) is 4.66. The molecule has 0 aliphatic heterocycles. The quantitative estimate of drug-likeness (QED) is 0.794. The van der Waals surface area contributed by atoms with Crippen LogP contribution in [0.25, 0.3) is 0 Å². The van der Waals surface area contributed by atoms with Crippen molar-refractivity contribution in [3.05, 3.63) is 58.1 Å². The van der Waals surface area contributed by atoms with Crippen molar-refractivity contribution in [3.63, 3.8) is 0 Å². The molecular weight excluding hydrogens is 333 g/mol. The van der Waals surface area contributed by atoms with Crippen LogP contribution in [0.1, 0.15) is 11.1 Å². The lowest BCUT2D eigenvalue weighted by Gasteiger charge is -2.15. The molecule has 0 spiro atoms. The van der Waals surface area contributed by atoms with Crippen molar-refractivity contribution in [2.75, 3.05) is 11.1 Å². The Labute approximate surface area is 122 Å². The van der Waals surface area contributed by atoms with Crippen LogP contribution in [0.3, 0.4) is 0 Å². The summed E-state index contributed by atoms with van der Waals surface area (Å²) in [5.41, 5.74) is 6.38. The summed E-state index contributed by atoms with van der Waals surface area (Å²) in [6.45, 7) is 0.274. The first-order valence-electron chi connectivity index (χ1n) is 5.81. The standard InChI is InChI=1S/C14H12BrF3N2/c15-10-4-5-13(12(7-10)14(16,17)18)20-8-9-2-1-3-11(19)6-9/h1-7,20H,8,19H2. The molecule has 0 unspecified atom stereocenters. The molecule has 2 rings (SSSR count). The van der Waals surface area contributed by atoms with Crippen LogP contribution in [0.4, 0.5) is 24.5 Å². The minimum absolute atomic E-state index is 0.0446. The molecule has 2 aromatic rings. The molecule has 0 aliphatic rings. The number of nitrogens with two attached hydrogens (primary N) is 1. The molecule has 3 N–H and O–H groups in total. The van der Waals surface area contributed by atoms with Gasteiger partial charge in [-0.25, -0.2) is 0 Å². The van der Waals surface area contributed by atoms with Gasteiger partial charge in [0, 0.05) is 22.4 Å². The first kappa shape index (κ1) is 14.7. The molecule has 0 heterocycles. The maximum atomic E-state index is 12.9. The summed E-state index contributed by atoms with van der Waals surface area (Å²) < 4.78 is 39.2. The Kier molecular flexibility index (Phi) is 4.23. The molecule has 0 radical (unpaired) electrons. The predicted molar refractivity (Wildman–Crippen MR) is 77.3 cm³/mol. The van der Waals surface area contributed by atoms with Crippen LogP contribution >= 0.6 is 15.9 Å². The zero-order valence-corrected chi connectivity index (χ0v) is 11.9. The van der Waals surface area contributed by atoms with Crippen LogP contribution < -0.4 is 11.1 Å². The molecule has 106 valence electrons. The van der Waals surface area contributed by atoms with Crippen molar-refractivity contribution < 1.29 is 13.2 Å². The summed E-state index contributed by atoms with van der Waals surface area (Å²) in [6, 6.07) is 11.0. The molecule has 0 aliphatic carbocycles. The molecule has 2 nitrogen and oxygen atoms in total. The molecule has 0 bridgehead atoms. The van der Waals surface area contributed by atoms with E-state index < -0.39 is 11.7 Å². The molecule has 6 heteroatoms. The third-order valence-electron chi connectivity index (χ3n) is 2.72.